The molecule has 2 heterocycles. The van der Waals surface area contributed by atoms with Crippen LogP contribution >= 0.6 is 0 Å². The predicted octanol–water partition coefficient (Wildman–Crippen LogP) is 3.62. The minimum atomic E-state index is -0.112. The van der Waals surface area contributed by atoms with Crippen LogP contribution in [0.25, 0.3) is 22.4 Å². The van der Waals surface area contributed by atoms with E-state index in [1.165, 1.54) is 0 Å². The van der Waals surface area contributed by atoms with Crippen LogP contribution < -0.4 is 10.1 Å². The van der Waals surface area contributed by atoms with Gasteiger partial charge >= 0.3 is 0 Å². The number of hydrogen-bond donors (Lipinski definition) is 1. The molecule has 0 aliphatic carbocycles. The summed E-state index contributed by atoms with van der Waals surface area (Å²) in [5, 5.41) is 2.88. The zero-order chi connectivity index (χ0) is 18.6. The largest absolute Gasteiger partial charge is 0.497 e. The Hall–Kier alpha value is -3.54. The molecule has 0 saturated carbocycles. The van der Waals surface area contributed by atoms with Crippen LogP contribution in [0.2, 0.25) is 0 Å². The summed E-state index contributed by atoms with van der Waals surface area (Å²) >= 11 is 0. The van der Waals surface area contributed by atoms with Gasteiger partial charge in [0.25, 0.3) is 0 Å². The van der Waals surface area contributed by atoms with Gasteiger partial charge in [-0.2, -0.15) is 0 Å². The summed E-state index contributed by atoms with van der Waals surface area (Å²) in [6.45, 7) is 0.515. The van der Waals surface area contributed by atoms with E-state index in [-0.39, 0.29) is 12.5 Å². The molecule has 2 aromatic heterocycles. The highest BCUT2D eigenvalue weighted by Crippen LogP contribution is 2.27. The van der Waals surface area contributed by atoms with Crippen molar-refractivity contribution in [1.82, 2.24) is 14.9 Å². The second-order valence-electron chi connectivity index (χ2n) is 6.10. The first kappa shape index (κ1) is 16.9. The van der Waals surface area contributed by atoms with Crippen molar-refractivity contribution in [2.24, 2.45) is 0 Å². The molecule has 0 aliphatic rings. The summed E-state index contributed by atoms with van der Waals surface area (Å²) in [5.41, 5.74) is 2.64. The predicted molar refractivity (Wildman–Crippen MR) is 102 cm³/mol. The number of aromatic nitrogens is 2. The fourth-order valence-corrected chi connectivity index (χ4v) is 3.02. The molecule has 0 aliphatic heterocycles. The molecule has 1 amide bonds. The molecule has 0 bridgehead atoms. The van der Waals surface area contributed by atoms with Gasteiger partial charge in [0.15, 0.2) is 0 Å². The lowest BCUT2D eigenvalue weighted by Gasteiger charge is -2.10. The number of rotatable bonds is 6. The summed E-state index contributed by atoms with van der Waals surface area (Å²) in [6, 6.07) is 19.1. The van der Waals surface area contributed by atoms with Crippen LogP contribution in [-0.2, 0) is 17.9 Å². The third-order valence-corrected chi connectivity index (χ3v) is 4.32. The van der Waals surface area contributed by atoms with Crippen LogP contribution in [0.3, 0.4) is 0 Å². The van der Waals surface area contributed by atoms with E-state index in [0.717, 1.165) is 28.2 Å². The zero-order valence-electron chi connectivity index (χ0n) is 14.9. The standard InChI is InChI=1S/C21H19N3O3/c1-26-16-7-4-6-15(12-16)21-23-18-9-2-3-10-19(18)24(21)14-20(25)22-13-17-8-5-11-27-17/h2-12H,13-14H2,1H3,(H,22,25). The van der Waals surface area contributed by atoms with Crippen LogP contribution in [0, 0.1) is 0 Å². The van der Waals surface area contributed by atoms with Gasteiger partial charge in [0.05, 0.1) is 31.0 Å². The quantitative estimate of drug-likeness (QED) is 0.569. The summed E-state index contributed by atoms with van der Waals surface area (Å²) in [7, 11) is 1.63. The molecule has 6 nitrogen and oxygen atoms in total. The molecule has 1 N–H and O–H groups in total. The number of para-hydroxylation sites is 2. The van der Waals surface area contributed by atoms with Crippen molar-refractivity contribution in [2.45, 2.75) is 13.1 Å². The number of carbonyl (C=O) groups is 1. The third-order valence-electron chi connectivity index (χ3n) is 4.32. The molecule has 0 atom stereocenters. The second kappa shape index (κ2) is 7.37. The van der Waals surface area contributed by atoms with Gasteiger partial charge < -0.3 is 19.0 Å². The Labute approximate surface area is 156 Å². The lowest BCUT2D eigenvalue weighted by molar-refractivity contribution is -0.121. The molecule has 2 aromatic carbocycles. The average Bonchev–Trinajstić information content (AvgIpc) is 3.35. The molecule has 0 saturated heterocycles. The third kappa shape index (κ3) is 3.55. The van der Waals surface area contributed by atoms with Crippen LogP contribution in [0.5, 0.6) is 5.75 Å². The molecule has 0 radical (unpaired) electrons. The maximum Gasteiger partial charge on any atom is 0.240 e. The molecule has 27 heavy (non-hydrogen) atoms. The fraction of sp³-hybridized carbons (Fsp3) is 0.143. The van der Waals surface area contributed by atoms with E-state index in [9.17, 15) is 4.79 Å². The zero-order valence-corrected chi connectivity index (χ0v) is 14.9. The van der Waals surface area contributed by atoms with Crippen molar-refractivity contribution in [3.63, 3.8) is 0 Å². The Morgan fingerprint density at radius 2 is 2.04 bits per heavy atom. The average molecular weight is 361 g/mol. The van der Waals surface area contributed by atoms with Gasteiger partial charge in [0.1, 0.15) is 23.9 Å². The van der Waals surface area contributed by atoms with Crippen LogP contribution in [-0.4, -0.2) is 22.6 Å². The SMILES string of the molecule is COc1cccc(-c2nc3ccccc3n2CC(=O)NCc2ccco2)c1. The van der Waals surface area contributed by atoms with Gasteiger partial charge in [-0.15, -0.1) is 0 Å². The van der Waals surface area contributed by atoms with Crippen molar-refractivity contribution in [3.8, 4) is 17.1 Å². The Morgan fingerprint density at radius 3 is 2.85 bits per heavy atom. The lowest BCUT2D eigenvalue weighted by atomic mass is 10.2. The Kier molecular flexibility index (Phi) is 4.61. The summed E-state index contributed by atoms with van der Waals surface area (Å²) < 4.78 is 12.5. The molecule has 4 aromatic rings. The van der Waals surface area contributed by atoms with Gasteiger partial charge in [-0.1, -0.05) is 24.3 Å². The van der Waals surface area contributed by atoms with Gasteiger partial charge in [-0.25, -0.2) is 4.98 Å². The fourth-order valence-electron chi connectivity index (χ4n) is 3.02. The highest BCUT2D eigenvalue weighted by molar-refractivity contribution is 5.84. The van der Waals surface area contributed by atoms with Crippen molar-refractivity contribution in [2.75, 3.05) is 7.11 Å². The van der Waals surface area contributed by atoms with Crippen molar-refractivity contribution in [1.29, 1.82) is 0 Å². The molecular weight excluding hydrogens is 342 g/mol. The molecule has 136 valence electrons. The first-order chi connectivity index (χ1) is 13.2. The van der Waals surface area contributed by atoms with E-state index in [0.29, 0.717) is 12.3 Å². The number of fused-ring (bicyclic) bond motifs is 1. The normalized spacial score (nSPS) is 10.9. The van der Waals surface area contributed by atoms with E-state index in [1.54, 1.807) is 19.4 Å². The van der Waals surface area contributed by atoms with Crippen molar-refractivity contribution in [3.05, 3.63) is 72.7 Å². The number of ether oxygens (including phenoxy) is 1. The second-order valence-corrected chi connectivity index (χ2v) is 6.10. The number of furan rings is 1. The number of nitrogens with zero attached hydrogens (tertiary/aromatic N) is 2. The first-order valence-corrected chi connectivity index (χ1v) is 8.63. The maximum absolute atomic E-state index is 12.5. The molecule has 0 unspecified atom stereocenters. The number of amides is 1. The molecule has 6 heteroatoms. The van der Waals surface area contributed by atoms with E-state index in [1.807, 2.05) is 59.2 Å². The van der Waals surface area contributed by atoms with Crippen molar-refractivity contribution >= 4 is 16.9 Å². The highest BCUT2D eigenvalue weighted by Gasteiger charge is 2.15. The van der Waals surface area contributed by atoms with E-state index in [4.69, 9.17) is 14.1 Å². The highest BCUT2D eigenvalue weighted by atomic mass is 16.5. The number of carbonyl (C=O) groups excluding carboxylic acids is 1. The molecular formula is C21H19N3O3. The first-order valence-electron chi connectivity index (χ1n) is 8.63. The monoisotopic (exact) mass is 361 g/mol. The summed E-state index contributed by atoms with van der Waals surface area (Å²) in [4.78, 5) is 17.3. The topological polar surface area (TPSA) is 69.3 Å². The molecule has 0 fully saturated rings. The van der Waals surface area contributed by atoms with Crippen LogP contribution in [0.15, 0.2) is 71.3 Å². The maximum atomic E-state index is 12.5. The Balaban J connectivity index is 1.66. The smallest absolute Gasteiger partial charge is 0.240 e. The van der Waals surface area contributed by atoms with E-state index < -0.39 is 0 Å². The number of imidazole rings is 1. The molecule has 0 spiro atoms. The lowest BCUT2D eigenvalue weighted by Crippen LogP contribution is -2.27. The Bertz CT molecular complexity index is 1070. The number of methoxy groups -OCH3 is 1. The summed E-state index contributed by atoms with van der Waals surface area (Å²) in [5.74, 6) is 2.07. The van der Waals surface area contributed by atoms with E-state index >= 15 is 0 Å². The van der Waals surface area contributed by atoms with Gasteiger partial charge in [0.2, 0.25) is 5.91 Å². The van der Waals surface area contributed by atoms with Gasteiger partial charge in [-0.05, 0) is 36.4 Å². The van der Waals surface area contributed by atoms with Gasteiger partial charge in [0, 0.05) is 5.56 Å². The van der Waals surface area contributed by atoms with Gasteiger partial charge in [-0.3, -0.25) is 4.79 Å². The number of nitrogens with one attached hydrogen (secondary N) is 1. The number of benzene rings is 2. The van der Waals surface area contributed by atoms with Crippen LogP contribution in [0.4, 0.5) is 0 Å². The minimum Gasteiger partial charge on any atom is -0.497 e. The van der Waals surface area contributed by atoms with Crippen LogP contribution in [0.1, 0.15) is 5.76 Å². The summed E-state index contributed by atoms with van der Waals surface area (Å²) in [6.07, 6.45) is 1.59. The molecule has 4 rings (SSSR count). The van der Waals surface area contributed by atoms with Crippen molar-refractivity contribution < 1.29 is 13.9 Å². The van der Waals surface area contributed by atoms with E-state index in [2.05, 4.69) is 5.32 Å². The number of hydrogen-bond acceptors (Lipinski definition) is 4. The minimum absolute atomic E-state index is 0.112. The Morgan fingerprint density at radius 1 is 1.15 bits per heavy atom.